The lowest BCUT2D eigenvalue weighted by molar-refractivity contribution is -0.167. The maximum atomic E-state index is 12.8. The van der Waals surface area contributed by atoms with Gasteiger partial charge in [-0.3, -0.25) is 14.4 Å². The lowest BCUT2D eigenvalue weighted by atomic mass is 10.0. The summed E-state index contributed by atoms with van der Waals surface area (Å²) in [6.07, 6.45) is 60.5. The van der Waals surface area contributed by atoms with E-state index in [4.69, 9.17) is 14.2 Å². The third kappa shape index (κ3) is 48.0. The fourth-order valence-corrected chi connectivity index (χ4v) is 7.20. The molecule has 0 bridgehead atoms. The molecule has 0 aromatic carbocycles. The Kier molecular flexibility index (Phi) is 47.4. The van der Waals surface area contributed by atoms with Gasteiger partial charge in [-0.1, -0.05) is 229 Å². The summed E-state index contributed by atoms with van der Waals surface area (Å²) in [7, 11) is 0. The average molecular weight is 853 g/mol. The Labute approximate surface area is 377 Å². The number of carbonyl (C=O) groups is 3. The van der Waals surface area contributed by atoms with Gasteiger partial charge in [-0.05, 0) is 64.2 Å². The third-order valence-corrected chi connectivity index (χ3v) is 11.1. The molecule has 0 saturated carbocycles. The fourth-order valence-electron chi connectivity index (χ4n) is 7.20. The van der Waals surface area contributed by atoms with E-state index in [1.165, 1.54) is 122 Å². The van der Waals surface area contributed by atoms with Gasteiger partial charge >= 0.3 is 17.9 Å². The molecule has 0 aliphatic carbocycles. The molecule has 0 aliphatic rings. The quantitative estimate of drug-likeness (QED) is 0.0263. The van der Waals surface area contributed by atoms with Crippen LogP contribution >= 0.6 is 0 Å². The Morgan fingerprint density at radius 3 is 1.03 bits per heavy atom. The summed E-state index contributed by atoms with van der Waals surface area (Å²) in [5, 5.41) is 0. The lowest BCUT2D eigenvalue weighted by Gasteiger charge is -2.18. The first-order valence-electron chi connectivity index (χ1n) is 25.8. The van der Waals surface area contributed by atoms with Gasteiger partial charge in [0.1, 0.15) is 13.2 Å². The van der Waals surface area contributed by atoms with Gasteiger partial charge in [-0.2, -0.15) is 0 Å². The van der Waals surface area contributed by atoms with E-state index in [2.05, 4.69) is 81.5 Å². The largest absolute Gasteiger partial charge is 0.462 e. The van der Waals surface area contributed by atoms with Gasteiger partial charge < -0.3 is 14.2 Å². The van der Waals surface area contributed by atoms with Crippen molar-refractivity contribution < 1.29 is 28.6 Å². The molecule has 0 aromatic heterocycles. The second-order valence-corrected chi connectivity index (χ2v) is 17.1. The number of unbranched alkanes of at least 4 members (excludes halogenated alkanes) is 28. The molecule has 0 heterocycles. The summed E-state index contributed by atoms with van der Waals surface area (Å²) < 4.78 is 16.8. The first kappa shape index (κ1) is 58.1. The zero-order valence-electron chi connectivity index (χ0n) is 40.2. The molecule has 0 rings (SSSR count). The molecule has 0 radical (unpaired) electrons. The van der Waals surface area contributed by atoms with Crippen LogP contribution in [0, 0.1) is 0 Å². The second kappa shape index (κ2) is 49.8. The summed E-state index contributed by atoms with van der Waals surface area (Å²) in [6.45, 7) is 6.46. The van der Waals surface area contributed by atoms with Crippen LogP contribution in [0.25, 0.3) is 0 Å². The molecule has 0 amide bonds. The van der Waals surface area contributed by atoms with Gasteiger partial charge in [0.15, 0.2) is 6.10 Å². The zero-order valence-corrected chi connectivity index (χ0v) is 40.2. The van der Waals surface area contributed by atoms with Crippen LogP contribution in [0.3, 0.4) is 0 Å². The number of hydrogen-bond acceptors (Lipinski definition) is 6. The lowest BCUT2D eigenvalue weighted by Crippen LogP contribution is -2.30. The van der Waals surface area contributed by atoms with Gasteiger partial charge in [-0.15, -0.1) is 0 Å². The minimum Gasteiger partial charge on any atom is -0.462 e. The van der Waals surface area contributed by atoms with E-state index in [9.17, 15) is 14.4 Å². The normalized spacial score (nSPS) is 12.5. The number of rotatable bonds is 46. The highest BCUT2D eigenvalue weighted by Crippen LogP contribution is 2.15. The molecule has 352 valence electrons. The van der Waals surface area contributed by atoms with Crippen LogP contribution in [0.5, 0.6) is 0 Å². The number of carbonyl (C=O) groups excluding carboxylic acids is 3. The van der Waals surface area contributed by atoms with Crippen molar-refractivity contribution in [1.29, 1.82) is 0 Å². The predicted molar refractivity (Wildman–Crippen MR) is 261 cm³/mol. The highest BCUT2D eigenvalue weighted by Gasteiger charge is 2.19. The zero-order chi connectivity index (χ0) is 44.4. The number of ether oxygens (including phenoxy) is 3. The SMILES string of the molecule is CC\C=C/C=C\C=C/CCCCCCCC(=O)OCC(COC(=O)CCCCCCCC/C=C\C=C/CCCCC)OC(=O)CCCCCCCCCCCCCCCCC. The molecular formula is C55H96O6. The first-order chi connectivity index (χ1) is 30.0. The smallest absolute Gasteiger partial charge is 0.306 e. The van der Waals surface area contributed by atoms with Crippen LogP contribution in [0.2, 0.25) is 0 Å². The molecule has 6 nitrogen and oxygen atoms in total. The van der Waals surface area contributed by atoms with Crippen molar-refractivity contribution >= 4 is 17.9 Å². The monoisotopic (exact) mass is 853 g/mol. The van der Waals surface area contributed by atoms with E-state index < -0.39 is 6.10 Å². The summed E-state index contributed by atoms with van der Waals surface area (Å²) in [5.41, 5.74) is 0. The van der Waals surface area contributed by atoms with E-state index in [1.54, 1.807) is 0 Å². The molecule has 0 N–H and O–H groups in total. The van der Waals surface area contributed by atoms with E-state index in [-0.39, 0.29) is 31.1 Å². The van der Waals surface area contributed by atoms with Crippen molar-refractivity contribution in [3.05, 3.63) is 60.8 Å². The average Bonchev–Trinajstić information content (AvgIpc) is 3.26. The molecule has 0 aliphatic heterocycles. The molecule has 1 unspecified atom stereocenters. The Morgan fingerprint density at radius 2 is 0.639 bits per heavy atom. The van der Waals surface area contributed by atoms with Crippen molar-refractivity contribution in [1.82, 2.24) is 0 Å². The Hall–Kier alpha value is -2.89. The van der Waals surface area contributed by atoms with E-state index in [0.717, 1.165) is 89.9 Å². The van der Waals surface area contributed by atoms with Gasteiger partial charge in [0, 0.05) is 19.3 Å². The highest BCUT2D eigenvalue weighted by atomic mass is 16.6. The second-order valence-electron chi connectivity index (χ2n) is 17.1. The van der Waals surface area contributed by atoms with Gasteiger partial charge in [-0.25, -0.2) is 0 Å². The Balaban J connectivity index is 4.41. The fraction of sp³-hybridized carbons (Fsp3) is 0.764. The summed E-state index contributed by atoms with van der Waals surface area (Å²) in [4.78, 5) is 38.0. The minimum absolute atomic E-state index is 0.0855. The summed E-state index contributed by atoms with van der Waals surface area (Å²) in [6, 6.07) is 0. The van der Waals surface area contributed by atoms with Crippen molar-refractivity contribution in [2.45, 2.75) is 258 Å². The molecule has 0 saturated heterocycles. The maximum absolute atomic E-state index is 12.8. The van der Waals surface area contributed by atoms with Gasteiger partial charge in [0.2, 0.25) is 0 Å². The van der Waals surface area contributed by atoms with Crippen LogP contribution in [-0.2, 0) is 28.6 Å². The number of esters is 3. The summed E-state index contributed by atoms with van der Waals surface area (Å²) in [5.74, 6) is -0.911. The van der Waals surface area contributed by atoms with Crippen molar-refractivity contribution in [3.63, 3.8) is 0 Å². The topological polar surface area (TPSA) is 78.9 Å². The van der Waals surface area contributed by atoms with Gasteiger partial charge in [0.25, 0.3) is 0 Å². The Bertz CT molecular complexity index is 1120. The Morgan fingerprint density at radius 1 is 0.344 bits per heavy atom. The number of hydrogen-bond donors (Lipinski definition) is 0. The molecule has 61 heavy (non-hydrogen) atoms. The highest BCUT2D eigenvalue weighted by molar-refractivity contribution is 5.71. The van der Waals surface area contributed by atoms with Crippen LogP contribution in [0.15, 0.2) is 60.8 Å². The standard InChI is InChI=1S/C55H96O6/c1-4-7-10-13-16-19-22-25-27-30-33-36-39-42-45-48-54(57)60-51-52(50-59-53(56)47-44-41-38-35-32-29-24-21-18-15-12-9-6-3)61-55(58)49-46-43-40-37-34-31-28-26-23-20-17-14-11-8-5-2/h9,12,15-16,18-19,21-22,24-25,52H,4-8,10-11,13-14,17,20,23,26-51H2,1-3H3/b12-9-,18-15-,19-16-,24-21-,25-22-. The maximum Gasteiger partial charge on any atom is 0.306 e. The molecule has 0 aromatic rings. The predicted octanol–water partition coefficient (Wildman–Crippen LogP) is 16.9. The van der Waals surface area contributed by atoms with Crippen LogP contribution < -0.4 is 0 Å². The van der Waals surface area contributed by atoms with Crippen LogP contribution in [0.1, 0.15) is 252 Å². The molecule has 1 atom stereocenters. The van der Waals surface area contributed by atoms with Crippen molar-refractivity contribution in [2.24, 2.45) is 0 Å². The molecule has 0 spiro atoms. The summed E-state index contributed by atoms with van der Waals surface area (Å²) >= 11 is 0. The molecule has 6 heteroatoms. The van der Waals surface area contributed by atoms with E-state index >= 15 is 0 Å². The number of allylic oxidation sites excluding steroid dienone is 10. The van der Waals surface area contributed by atoms with Crippen molar-refractivity contribution in [3.8, 4) is 0 Å². The molecule has 0 fully saturated rings. The van der Waals surface area contributed by atoms with Gasteiger partial charge in [0.05, 0.1) is 0 Å². The van der Waals surface area contributed by atoms with E-state index in [1.807, 2.05) is 0 Å². The van der Waals surface area contributed by atoms with Crippen LogP contribution in [0.4, 0.5) is 0 Å². The third-order valence-electron chi connectivity index (χ3n) is 11.1. The van der Waals surface area contributed by atoms with Crippen molar-refractivity contribution in [2.75, 3.05) is 13.2 Å². The molecular weight excluding hydrogens is 757 g/mol. The minimum atomic E-state index is -0.784. The first-order valence-corrected chi connectivity index (χ1v) is 25.8. The van der Waals surface area contributed by atoms with Crippen LogP contribution in [-0.4, -0.2) is 37.2 Å². The van der Waals surface area contributed by atoms with E-state index in [0.29, 0.717) is 19.3 Å².